The zero-order valence-corrected chi connectivity index (χ0v) is 17.5. The highest BCUT2D eigenvalue weighted by Crippen LogP contribution is 2.34. The first kappa shape index (κ1) is 20.0. The van der Waals surface area contributed by atoms with Crippen molar-refractivity contribution in [3.05, 3.63) is 88.3 Å². The van der Waals surface area contributed by atoms with Crippen molar-refractivity contribution >= 4 is 28.7 Å². The number of amides is 2. The molecule has 1 aliphatic heterocycles. The Morgan fingerprint density at radius 3 is 2.20 bits per heavy atom. The number of hydrogen-bond acceptors (Lipinski definition) is 6. The molecule has 0 unspecified atom stereocenters. The van der Waals surface area contributed by atoms with Crippen LogP contribution in [0.3, 0.4) is 0 Å². The fourth-order valence-corrected chi connectivity index (χ4v) is 4.32. The Morgan fingerprint density at radius 2 is 1.60 bits per heavy atom. The van der Waals surface area contributed by atoms with E-state index in [-0.39, 0.29) is 18.4 Å². The maximum Gasteiger partial charge on any atom is 0.278 e. The Hall–Kier alpha value is -3.32. The number of thiophene rings is 1. The van der Waals surface area contributed by atoms with E-state index in [9.17, 15) is 9.59 Å². The van der Waals surface area contributed by atoms with Gasteiger partial charge in [-0.1, -0.05) is 6.07 Å². The van der Waals surface area contributed by atoms with Crippen LogP contribution in [-0.2, 0) is 22.6 Å². The summed E-state index contributed by atoms with van der Waals surface area (Å²) in [6.45, 7) is 3.53. The van der Waals surface area contributed by atoms with Gasteiger partial charge in [0.1, 0.15) is 5.70 Å². The van der Waals surface area contributed by atoms with Crippen LogP contribution in [0.25, 0.3) is 5.57 Å². The van der Waals surface area contributed by atoms with E-state index in [0.717, 1.165) is 22.4 Å². The van der Waals surface area contributed by atoms with Gasteiger partial charge in [-0.05, 0) is 60.2 Å². The molecule has 0 aliphatic carbocycles. The fraction of sp³-hybridized carbons (Fsp3) is 0.217. The molecule has 152 valence electrons. The Balaban J connectivity index is 1.65. The Morgan fingerprint density at radius 1 is 0.933 bits per heavy atom. The van der Waals surface area contributed by atoms with Crippen LogP contribution < -0.4 is 0 Å². The van der Waals surface area contributed by atoms with Gasteiger partial charge in [-0.2, -0.15) is 0 Å². The summed E-state index contributed by atoms with van der Waals surface area (Å²) in [5.41, 5.74) is 3.01. The molecule has 1 aliphatic rings. The van der Waals surface area contributed by atoms with Crippen molar-refractivity contribution in [1.82, 2.24) is 19.8 Å². The van der Waals surface area contributed by atoms with Crippen molar-refractivity contribution in [1.29, 1.82) is 0 Å². The van der Waals surface area contributed by atoms with Crippen LogP contribution in [0.4, 0.5) is 0 Å². The van der Waals surface area contributed by atoms with Gasteiger partial charge in [0, 0.05) is 42.8 Å². The molecule has 0 bridgehead atoms. The predicted molar refractivity (Wildman–Crippen MR) is 116 cm³/mol. The molecule has 6 nitrogen and oxygen atoms in total. The van der Waals surface area contributed by atoms with Gasteiger partial charge in [-0.25, -0.2) is 0 Å². The number of carbonyl (C=O) groups excluding carboxylic acids is 2. The van der Waals surface area contributed by atoms with Crippen molar-refractivity contribution in [2.75, 3.05) is 13.1 Å². The van der Waals surface area contributed by atoms with E-state index in [0.29, 0.717) is 24.4 Å². The van der Waals surface area contributed by atoms with Gasteiger partial charge in [-0.15, -0.1) is 11.3 Å². The molecule has 3 aromatic heterocycles. The van der Waals surface area contributed by atoms with Crippen LogP contribution in [0.1, 0.15) is 22.9 Å². The third kappa shape index (κ3) is 4.02. The highest BCUT2D eigenvalue weighted by Gasteiger charge is 2.41. The number of rotatable bonds is 8. The maximum absolute atomic E-state index is 13.4. The first-order valence-corrected chi connectivity index (χ1v) is 10.7. The van der Waals surface area contributed by atoms with Gasteiger partial charge in [0.15, 0.2) is 0 Å². The van der Waals surface area contributed by atoms with Gasteiger partial charge in [0.05, 0.1) is 12.1 Å². The Labute approximate surface area is 179 Å². The molecule has 30 heavy (non-hydrogen) atoms. The van der Waals surface area contributed by atoms with Crippen LogP contribution in [0, 0.1) is 0 Å². The number of imide groups is 1. The molecular weight excluding hydrogens is 396 g/mol. The van der Waals surface area contributed by atoms with E-state index in [1.807, 2.05) is 53.6 Å². The molecule has 4 heterocycles. The smallest absolute Gasteiger partial charge is 0.278 e. The molecule has 2 amide bonds. The standard InChI is InChI=1S/C23H22N4O2S/c1-2-26(14-9-17-5-10-24-11-6-17)21-20(19-4-3-15-30-19)22(28)27(23(21)29)16-18-7-12-25-13-8-18/h3-8,10-13,15H,2,9,14,16H2,1H3. The van der Waals surface area contributed by atoms with Crippen LogP contribution >= 0.6 is 11.3 Å². The summed E-state index contributed by atoms with van der Waals surface area (Å²) in [6.07, 6.45) is 7.64. The quantitative estimate of drug-likeness (QED) is 0.525. The maximum atomic E-state index is 13.4. The second kappa shape index (κ2) is 9.00. The third-order valence-electron chi connectivity index (χ3n) is 5.12. The number of pyridine rings is 2. The number of carbonyl (C=O) groups is 2. The fourth-order valence-electron chi connectivity index (χ4n) is 3.56. The lowest BCUT2D eigenvalue weighted by Gasteiger charge is -2.24. The van der Waals surface area contributed by atoms with Crippen molar-refractivity contribution < 1.29 is 9.59 Å². The summed E-state index contributed by atoms with van der Waals surface area (Å²) >= 11 is 1.48. The van der Waals surface area contributed by atoms with Crippen molar-refractivity contribution in [2.24, 2.45) is 0 Å². The normalized spacial score (nSPS) is 14.0. The van der Waals surface area contributed by atoms with Crippen molar-refractivity contribution in [2.45, 2.75) is 19.9 Å². The molecule has 0 aromatic carbocycles. The van der Waals surface area contributed by atoms with Crippen LogP contribution in [0.15, 0.2) is 72.3 Å². The van der Waals surface area contributed by atoms with E-state index >= 15 is 0 Å². The molecule has 0 radical (unpaired) electrons. The van der Waals surface area contributed by atoms with E-state index < -0.39 is 0 Å². The average Bonchev–Trinajstić information content (AvgIpc) is 3.39. The summed E-state index contributed by atoms with van der Waals surface area (Å²) in [7, 11) is 0. The van der Waals surface area contributed by atoms with Gasteiger partial charge in [0.25, 0.3) is 11.8 Å². The molecule has 3 aromatic rings. The second-order valence-electron chi connectivity index (χ2n) is 6.94. The molecule has 0 saturated carbocycles. The second-order valence-corrected chi connectivity index (χ2v) is 7.89. The highest BCUT2D eigenvalue weighted by molar-refractivity contribution is 7.11. The van der Waals surface area contributed by atoms with Gasteiger partial charge in [0.2, 0.25) is 0 Å². The molecule has 0 fully saturated rings. The summed E-state index contributed by atoms with van der Waals surface area (Å²) in [4.78, 5) is 39.0. The largest absolute Gasteiger partial charge is 0.366 e. The molecule has 0 saturated heterocycles. The first-order chi connectivity index (χ1) is 14.7. The molecule has 4 rings (SSSR count). The van der Waals surface area contributed by atoms with Crippen molar-refractivity contribution in [3.63, 3.8) is 0 Å². The van der Waals surface area contributed by atoms with Gasteiger partial charge in [-0.3, -0.25) is 24.5 Å². The minimum absolute atomic E-state index is 0.237. The first-order valence-electron chi connectivity index (χ1n) is 9.86. The number of nitrogens with zero attached hydrogens (tertiary/aromatic N) is 4. The summed E-state index contributed by atoms with van der Waals surface area (Å²) in [6, 6.07) is 11.4. The molecule has 7 heteroatoms. The lowest BCUT2D eigenvalue weighted by molar-refractivity contribution is -0.138. The Kier molecular flexibility index (Phi) is 5.99. The zero-order valence-electron chi connectivity index (χ0n) is 16.7. The van der Waals surface area contributed by atoms with Crippen LogP contribution in [0.2, 0.25) is 0 Å². The van der Waals surface area contributed by atoms with E-state index in [2.05, 4.69) is 9.97 Å². The van der Waals surface area contributed by atoms with E-state index in [1.54, 1.807) is 24.8 Å². The number of likely N-dealkylation sites (N-methyl/N-ethyl adjacent to an activating group) is 1. The average molecular weight is 419 g/mol. The lowest BCUT2D eigenvalue weighted by Crippen LogP contribution is -2.35. The monoisotopic (exact) mass is 418 g/mol. The van der Waals surface area contributed by atoms with Crippen molar-refractivity contribution in [3.8, 4) is 0 Å². The zero-order chi connectivity index (χ0) is 20.9. The third-order valence-corrected chi connectivity index (χ3v) is 6.01. The molecule has 0 N–H and O–H groups in total. The predicted octanol–water partition coefficient (Wildman–Crippen LogP) is 3.38. The van der Waals surface area contributed by atoms with Crippen LogP contribution in [0.5, 0.6) is 0 Å². The minimum atomic E-state index is -0.239. The van der Waals surface area contributed by atoms with E-state index in [1.165, 1.54) is 16.2 Å². The Bertz CT molecular complexity index is 1050. The van der Waals surface area contributed by atoms with Gasteiger partial charge >= 0.3 is 0 Å². The SMILES string of the molecule is CCN(CCc1ccncc1)C1=C(c2cccs2)C(=O)N(Cc2ccncc2)C1=O. The van der Waals surface area contributed by atoms with E-state index in [4.69, 9.17) is 0 Å². The molecular formula is C23H22N4O2S. The summed E-state index contributed by atoms with van der Waals surface area (Å²) in [5, 5.41) is 1.93. The number of aromatic nitrogens is 2. The highest BCUT2D eigenvalue weighted by atomic mass is 32.1. The lowest BCUT2D eigenvalue weighted by atomic mass is 10.1. The number of hydrogen-bond donors (Lipinski definition) is 0. The topological polar surface area (TPSA) is 66.4 Å². The van der Waals surface area contributed by atoms with Crippen LogP contribution in [-0.4, -0.2) is 44.7 Å². The summed E-state index contributed by atoms with van der Waals surface area (Å²) < 4.78 is 0. The molecule has 0 spiro atoms. The minimum Gasteiger partial charge on any atom is -0.366 e. The van der Waals surface area contributed by atoms with Gasteiger partial charge < -0.3 is 4.90 Å². The molecule has 0 atom stereocenters. The summed E-state index contributed by atoms with van der Waals surface area (Å²) in [5.74, 6) is -0.478.